The van der Waals surface area contributed by atoms with Crippen LogP contribution in [-0.4, -0.2) is 11.1 Å². The average Bonchev–Trinajstić information content (AvgIpc) is 3.03. The van der Waals surface area contributed by atoms with E-state index >= 15 is 0 Å². The number of carbonyl (C=O) groups excluding carboxylic acids is 1. The summed E-state index contributed by atoms with van der Waals surface area (Å²) < 4.78 is 19.1. The largest absolute Gasteiger partial charge is 0.359 e. The number of rotatable bonds is 2. The Morgan fingerprint density at radius 1 is 1.35 bits per heavy atom. The number of nitrogens with one attached hydrogen (secondary N) is 1. The normalized spacial score (nSPS) is 11.9. The van der Waals surface area contributed by atoms with Gasteiger partial charge in [0.15, 0.2) is 5.82 Å². The molecule has 0 saturated carbocycles. The summed E-state index contributed by atoms with van der Waals surface area (Å²) in [5.74, 6) is 0.219. The van der Waals surface area contributed by atoms with Crippen LogP contribution in [-0.2, 0) is 5.41 Å². The maximum absolute atomic E-state index is 13.3. The Kier molecular flexibility index (Phi) is 3.90. The van der Waals surface area contributed by atoms with Crippen molar-refractivity contribution >= 4 is 44.7 Å². The summed E-state index contributed by atoms with van der Waals surface area (Å²) in [6.07, 6.45) is 0. The maximum Gasteiger partial charge on any atom is 0.268 e. The molecule has 0 aliphatic heterocycles. The first-order valence-electron chi connectivity index (χ1n) is 6.92. The third kappa shape index (κ3) is 3.09. The Balaban J connectivity index is 1.89. The highest BCUT2D eigenvalue weighted by atomic mass is 35.5. The van der Waals surface area contributed by atoms with E-state index < -0.39 is 5.91 Å². The summed E-state index contributed by atoms with van der Waals surface area (Å²) in [5, 5.41) is 7.46. The van der Waals surface area contributed by atoms with Crippen LogP contribution < -0.4 is 5.32 Å². The van der Waals surface area contributed by atoms with E-state index in [1.807, 2.05) is 20.8 Å². The van der Waals surface area contributed by atoms with Gasteiger partial charge in [0.1, 0.15) is 16.5 Å². The van der Waals surface area contributed by atoms with Gasteiger partial charge in [-0.2, -0.15) is 0 Å². The van der Waals surface area contributed by atoms with Crippen molar-refractivity contribution in [3.63, 3.8) is 0 Å². The van der Waals surface area contributed by atoms with Gasteiger partial charge in [0, 0.05) is 21.6 Å². The minimum absolute atomic E-state index is 0.206. The van der Waals surface area contributed by atoms with Crippen molar-refractivity contribution < 1.29 is 13.7 Å². The van der Waals surface area contributed by atoms with Gasteiger partial charge in [-0.3, -0.25) is 4.79 Å². The lowest BCUT2D eigenvalue weighted by Crippen LogP contribution is -2.11. The zero-order valence-electron chi connectivity index (χ0n) is 12.7. The van der Waals surface area contributed by atoms with Crippen LogP contribution in [0.3, 0.4) is 0 Å². The molecule has 0 radical (unpaired) electrons. The van der Waals surface area contributed by atoms with Crippen LogP contribution in [0, 0.1) is 5.82 Å². The van der Waals surface area contributed by atoms with Gasteiger partial charge >= 0.3 is 0 Å². The van der Waals surface area contributed by atoms with Crippen molar-refractivity contribution in [1.29, 1.82) is 0 Å². The molecule has 0 bridgehead atoms. The predicted molar refractivity (Wildman–Crippen MR) is 89.9 cm³/mol. The van der Waals surface area contributed by atoms with Crippen LogP contribution in [0.25, 0.3) is 10.1 Å². The minimum Gasteiger partial charge on any atom is -0.359 e. The molecule has 0 fully saturated rings. The molecular weight excluding hydrogens is 339 g/mol. The summed E-state index contributed by atoms with van der Waals surface area (Å²) >= 11 is 7.37. The van der Waals surface area contributed by atoms with Crippen molar-refractivity contribution in [1.82, 2.24) is 5.16 Å². The second-order valence-electron chi connectivity index (χ2n) is 6.17. The zero-order valence-corrected chi connectivity index (χ0v) is 14.3. The molecule has 3 aromatic rings. The monoisotopic (exact) mass is 352 g/mol. The molecule has 0 aliphatic rings. The molecule has 0 atom stereocenters. The number of hydrogen-bond acceptors (Lipinski definition) is 4. The fourth-order valence-electron chi connectivity index (χ4n) is 2.05. The van der Waals surface area contributed by atoms with E-state index in [-0.39, 0.29) is 11.2 Å². The molecule has 1 amide bonds. The second kappa shape index (κ2) is 5.62. The maximum atomic E-state index is 13.3. The third-order valence-electron chi connectivity index (χ3n) is 3.29. The van der Waals surface area contributed by atoms with Crippen LogP contribution in [0.4, 0.5) is 10.2 Å². The van der Waals surface area contributed by atoms with E-state index in [2.05, 4.69) is 10.5 Å². The van der Waals surface area contributed by atoms with Gasteiger partial charge in [0.25, 0.3) is 5.91 Å². The van der Waals surface area contributed by atoms with Gasteiger partial charge in [-0.15, -0.1) is 11.3 Å². The van der Waals surface area contributed by atoms with Crippen LogP contribution in [0.5, 0.6) is 0 Å². The number of halogens is 2. The van der Waals surface area contributed by atoms with Crippen molar-refractivity contribution in [2.24, 2.45) is 0 Å². The van der Waals surface area contributed by atoms with Gasteiger partial charge in [0.2, 0.25) is 0 Å². The number of benzene rings is 1. The van der Waals surface area contributed by atoms with Gasteiger partial charge < -0.3 is 9.84 Å². The molecule has 2 aromatic heterocycles. The molecule has 0 unspecified atom stereocenters. The predicted octanol–water partition coefficient (Wildman–Crippen LogP) is 5.23. The molecule has 0 aliphatic carbocycles. The molecule has 1 N–H and O–H groups in total. The first-order valence-corrected chi connectivity index (χ1v) is 8.11. The Labute approximate surface area is 141 Å². The van der Waals surface area contributed by atoms with E-state index in [4.69, 9.17) is 16.1 Å². The van der Waals surface area contributed by atoms with Crippen molar-refractivity contribution in [2.75, 3.05) is 5.32 Å². The smallest absolute Gasteiger partial charge is 0.268 e. The Morgan fingerprint density at radius 3 is 2.74 bits per heavy atom. The van der Waals surface area contributed by atoms with E-state index in [1.54, 1.807) is 12.1 Å². The van der Waals surface area contributed by atoms with E-state index in [9.17, 15) is 9.18 Å². The van der Waals surface area contributed by atoms with Crippen molar-refractivity contribution in [3.8, 4) is 0 Å². The standard InChI is InChI=1S/C16H14ClFN2O2S/c1-16(2,3)11-7-12(20-22-11)19-15(21)14-13(17)9-5-4-8(18)6-10(9)23-14/h4-7H,1-3H3,(H,19,20,21). The molecule has 7 heteroatoms. The molecule has 23 heavy (non-hydrogen) atoms. The number of hydrogen-bond donors (Lipinski definition) is 1. The van der Waals surface area contributed by atoms with E-state index in [1.165, 1.54) is 12.1 Å². The van der Waals surface area contributed by atoms with Crippen LogP contribution in [0.15, 0.2) is 28.8 Å². The molecule has 0 saturated heterocycles. The van der Waals surface area contributed by atoms with Gasteiger partial charge in [-0.25, -0.2) is 4.39 Å². The number of amides is 1. The molecule has 1 aromatic carbocycles. The zero-order chi connectivity index (χ0) is 16.8. The fourth-order valence-corrected chi connectivity index (χ4v) is 3.48. The van der Waals surface area contributed by atoms with Crippen molar-refractivity contribution in [3.05, 3.63) is 45.7 Å². The number of aromatic nitrogens is 1. The second-order valence-corrected chi connectivity index (χ2v) is 7.60. The third-order valence-corrected chi connectivity index (χ3v) is 4.94. The number of fused-ring (bicyclic) bond motifs is 1. The molecule has 120 valence electrons. The first-order chi connectivity index (χ1) is 10.8. The van der Waals surface area contributed by atoms with E-state index in [0.29, 0.717) is 31.6 Å². The molecule has 4 nitrogen and oxygen atoms in total. The lowest BCUT2D eigenvalue weighted by molar-refractivity contribution is 0.103. The van der Waals surface area contributed by atoms with Crippen LogP contribution in [0.1, 0.15) is 36.2 Å². The quantitative estimate of drug-likeness (QED) is 0.686. The summed E-state index contributed by atoms with van der Waals surface area (Å²) in [7, 11) is 0. The highest BCUT2D eigenvalue weighted by Gasteiger charge is 2.22. The number of anilines is 1. The Morgan fingerprint density at radius 2 is 2.09 bits per heavy atom. The number of carbonyl (C=O) groups is 1. The van der Waals surface area contributed by atoms with Gasteiger partial charge in [-0.1, -0.05) is 37.5 Å². The Bertz CT molecular complexity index is 895. The highest BCUT2D eigenvalue weighted by Crippen LogP contribution is 2.36. The van der Waals surface area contributed by atoms with Gasteiger partial charge in [0.05, 0.1) is 5.02 Å². The number of nitrogens with zero attached hydrogens (tertiary/aromatic N) is 1. The Hall–Kier alpha value is -1.92. The molecular formula is C16H14ClFN2O2S. The summed E-state index contributed by atoms with van der Waals surface area (Å²) in [5.41, 5.74) is -0.206. The van der Waals surface area contributed by atoms with Crippen LogP contribution >= 0.6 is 22.9 Å². The van der Waals surface area contributed by atoms with E-state index in [0.717, 1.165) is 11.3 Å². The lowest BCUT2D eigenvalue weighted by Gasteiger charge is -2.11. The summed E-state index contributed by atoms with van der Waals surface area (Å²) in [4.78, 5) is 12.7. The first kappa shape index (κ1) is 16.0. The highest BCUT2D eigenvalue weighted by molar-refractivity contribution is 7.21. The van der Waals surface area contributed by atoms with Crippen LogP contribution in [0.2, 0.25) is 5.02 Å². The summed E-state index contributed by atoms with van der Waals surface area (Å²) in [6.45, 7) is 5.95. The SMILES string of the molecule is CC(C)(C)c1cc(NC(=O)c2sc3cc(F)ccc3c2Cl)no1. The van der Waals surface area contributed by atoms with Crippen molar-refractivity contribution in [2.45, 2.75) is 26.2 Å². The number of thiophene rings is 1. The fraction of sp³-hybridized carbons (Fsp3) is 0.250. The topological polar surface area (TPSA) is 55.1 Å². The molecule has 0 spiro atoms. The van der Waals surface area contributed by atoms with Gasteiger partial charge in [-0.05, 0) is 18.2 Å². The molecule has 2 heterocycles. The average molecular weight is 353 g/mol. The minimum atomic E-state index is -0.398. The molecule has 3 rings (SSSR count). The summed E-state index contributed by atoms with van der Waals surface area (Å²) in [6, 6.07) is 5.92. The lowest BCUT2D eigenvalue weighted by atomic mass is 9.93.